The summed E-state index contributed by atoms with van der Waals surface area (Å²) in [4.78, 5) is 11.8. The molecule has 0 saturated carbocycles. The van der Waals surface area contributed by atoms with Crippen molar-refractivity contribution in [2.75, 3.05) is 6.61 Å². The van der Waals surface area contributed by atoms with Crippen LogP contribution in [0.15, 0.2) is 41.9 Å². The molecule has 0 saturated heterocycles. The molecular weight excluding hydrogens is 345 g/mol. The fraction of sp³-hybridized carbons (Fsp3) is 0.389. The third kappa shape index (κ3) is 2.74. The number of benzene rings is 1. The maximum Gasteiger partial charge on any atom is 0.304 e. The van der Waals surface area contributed by atoms with Gasteiger partial charge >= 0.3 is 5.92 Å². The molecule has 1 aromatic heterocycles. The molecule has 2 heterocycles. The number of aromatic nitrogens is 2. The number of nitrogens with zero attached hydrogens (tertiary/aromatic N) is 3. The molecule has 26 heavy (non-hydrogen) atoms. The molecule has 1 aromatic carbocycles. The van der Waals surface area contributed by atoms with Gasteiger partial charge in [-0.25, -0.2) is 23.1 Å². The Labute approximate surface area is 149 Å². The average molecular weight is 364 g/mol. The van der Waals surface area contributed by atoms with Crippen molar-refractivity contribution in [3.05, 3.63) is 48.3 Å². The SMILES string of the molecule is CC1(C)OCC(N)=N[C@](C)(c2cc(-c3cncnc3)ccc2F)C1(F)F. The van der Waals surface area contributed by atoms with E-state index in [1.54, 1.807) is 0 Å². The predicted octanol–water partition coefficient (Wildman–Crippen LogP) is 3.30. The molecule has 0 unspecified atom stereocenters. The van der Waals surface area contributed by atoms with Gasteiger partial charge in [-0.1, -0.05) is 6.07 Å². The number of hydrogen-bond donors (Lipinski definition) is 1. The van der Waals surface area contributed by atoms with E-state index in [1.165, 1.54) is 51.6 Å². The zero-order chi connectivity index (χ0) is 19.2. The average Bonchev–Trinajstić information content (AvgIpc) is 2.66. The van der Waals surface area contributed by atoms with Gasteiger partial charge in [-0.3, -0.25) is 4.99 Å². The van der Waals surface area contributed by atoms with Crippen LogP contribution in [0.2, 0.25) is 0 Å². The minimum Gasteiger partial charge on any atom is -0.385 e. The lowest BCUT2D eigenvalue weighted by molar-refractivity contribution is -0.214. The highest BCUT2D eigenvalue weighted by Crippen LogP contribution is 2.50. The number of ether oxygens (including phenoxy) is 1. The molecule has 8 heteroatoms. The van der Waals surface area contributed by atoms with Gasteiger partial charge in [0.2, 0.25) is 0 Å². The zero-order valence-electron chi connectivity index (χ0n) is 14.6. The summed E-state index contributed by atoms with van der Waals surface area (Å²) in [6, 6.07) is 3.94. The Morgan fingerprint density at radius 2 is 1.73 bits per heavy atom. The molecule has 3 rings (SSSR count). The molecule has 0 amide bonds. The van der Waals surface area contributed by atoms with Crippen molar-refractivity contribution in [2.45, 2.75) is 37.8 Å². The van der Waals surface area contributed by atoms with Crippen molar-refractivity contribution in [1.29, 1.82) is 0 Å². The summed E-state index contributed by atoms with van der Waals surface area (Å²) < 4.78 is 50.7. The van der Waals surface area contributed by atoms with E-state index in [0.29, 0.717) is 11.1 Å². The molecule has 5 nitrogen and oxygen atoms in total. The largest absolute Gasteiger partial charge is 0.385 e. The van der Waals surface area contributed by atoms with Crippen molar-refractivity contribution < 1.29 is 17.9 Å². The lowest BCUT2D eigenvalue weighted by Gasteiger charge is -2.42. The second-order valence-corrected chi connectivity index (χ2v) is 6.87. The highest BCUT2D eigenvalue weighted by atomic mass is 19.3. The monoisotopic (exact) mass is 364 g/mol. The van der Waals surface area contributed by atoms with E-state index in [4.69, 9.17) is 10.5 Å². The number of halogens is 3. The van der Waals surface area contributed by atoms with E-state index in [-0.39, 0.29) is 18.0 Å². The number of aliphatic imine (C=N–C) groups is 1. The second-order valence-electron chi connectivity index (χ2n) is 6.87. The minimum atomic E-state index is -3.53. The van der Waals surface area contributed by atoms with E-state index < -0.39 is 22.9 Å². The van der Waals surface area contributed by atoms with Crippen molar-refractivity contribution in [1.82, 2.24) is 9.97 Å². The molecule has 2 N–H and O–H groups in total. The molecule has 138 valence electrons. The summed E-state index contributed by atoms with van der Waals surface area (Å²) in [6.45, 7) is 3.39. The first kappa shape index (κ1) is 18.3. The fourth-order valence-corrected chi connectivity index (χ4v) is 3.08. The van der Waals surface area contributed by atoms with Crippen molar-refractivity contribution in [2.24, 2.45) is 10.7 Å². The van der Waals surface area contributed by atoms with E-state index in [2.05, 4.69) is 15.0 Å². The van der Waals surface area contributed by atoms with E-state index in [9.17, 15) is 4.39 Å². The topological polar surface area (TPSA) is 73.4 Å². The lowest BCUT2D eigenvalue weighted by atomic mass is 9.77. The predicted molar refractivity (Wildman–Crippen MR) is 91.4 cm³/mol. The van der Waals surface area contributed by atoms with Gasteiger partial charge in [-0.05, 0) is 38.5 Å². The van der Waals surface area contributed by atoms with Crippen LogP contribution in [0.4, 0.5) is 13.2 Å². The molecule has 0 radical (unpaired) electrons. The van der Waals surface area contributed by atoms with Crippen LogP contribution in [-0.4, -0.2) is 33.9 Å². The third-order valence-electron chi connectivity index (χ3n) is 4.70. The van der Waals surface area contributed by atoms with Crippen molar-refractivity contribution in [3.63, 3.8) is 0 Å². The number of rotatable bonds is 2. The van der Waals surface area contributed by atoms with Crippen molar-refractivity contribution >= 4 is 5.84 Å². The fourth-order valence-electron chi connectivity index (χ4n) is 3.08. The molecule has 1 aliphatic heterocycles. The summed E-state index contributed by atoms with van der Waals surface area (Å²) in [7, 11) is 0. The molecular formula is C18H19F3N4O. The summed E-state index contributed by atoms with van der Waals surface area (Å²) in [5.74, 6) is -4.46. The maximum atomic E-state index is 15.4. The first-order chi connectivity index (χ1) is 12.1. The number of amidine groups is 1. The van der Waals surface area contributed by atoms with Crippen LogP contribution in [0.3, 0.4) is 0 Å². The van der Waals surface area contributed by atoms with Gasteiger partial charge in [-0.15, -0.1) is 0 Å². The molecule has 1 atom stereocenters. The Morgan fingerprint density at radius 3 is 2.38 bits per heavy atom. The molecule has 2 aromatic rings. The van der Waals surface area contributed by atoms with E-state index >= 15 is 8.78 Å². The van der Waals surface area contributed by atoms with Gasteiger partial charge in [-0.2, -0.15) is 0 Å². The van der Waals surface area contributed by atoms with Crippen LogP contribution in [0.25, 0.3) is 11.1 Å². The molecule has 0 spiro atoms. The first-order valence-corrected chi connectivity index (χ1v) is 8.00. The molecule has 0 bridgehead atoms. The van der Waals surface area contributed by atoms with Crippen LogP contribution in [-0.2, 0) is 10.3 Å². The Morgan fingerprint density at radius 1 is 1.08 bits per heavy atom. The normalized spacial score (nSPS) is 24.6. The number of nitrogens with two attached hydrogens (primary N) is 1. The van der Waals surface area contributed by atoms with Crippen LogP contribution >= 0.6 is 0 Å². The molecule has 1 aliphatic rings. The highest BCUT2D eigenvalue weighted by molar-refractivity contribution is 5.82. The number of alkyl halides is 2. The maximum absolute atomic E-state index is 15.4. The van der Waals surface area contributed by atoms with Gasteiger partial charge in [0.1, 0.15) is 30.2 Å². The standard InChI is InChI=1S/C18H19F3N4O/c1-16(2)18(20,21)17(3,25-15(22)9-26-16)13-6-11(4-5-14(13)19)12-7-23-10-24-8-12/h4-8,10H,9H2,1-3H3,(H2,22,25)/t17-/m1/s1. The molecule has 0 aliphatic carbocycles. The second kappa shape index (κ2) is 6.05. The van der Waals surface area contributed by atoms with Gasteiger partial charge in [0.05, 0.1) is 0 Å². The van der Waals surface area contributed by atoms with Crippen molar-refractivity contribution in [3.8, 4) is 11.1 Å². The van der Waals surface area contributed by atoms with Crippen LogP contribution in [0.5, 0.6) is 0 Å². The Kier molecular flexibility index (Phi) is 4.26. The zero-order valence-corrected chi connectivity index (χ0v) is 14.6. The summed E-state index contributed by atoms with van der Waals surface area (Å²) >= 11 is 0. The smallest absolute Gasteiger partial charge is 0.304 e. The van der Waals surface area contributed by atoms with Gasteiger partial charge in [0.15, 0.2) is 5.54 Å². The van der Waals surface area contributed by atoms with E-state index in [1.807, 2.05) is 0 Å². The first-order valence-electron chi connectivity index (χ1n) is 8.00. The van der Waals surface area contributed by atoms with Gasteiger partial charge in [0, 0.05) is 23.5 Å². The van der Waals surface area contributed by atoms with Crippen LogP contribution in [0.1, 0.15) is 26.3 Å². The summed E-state index contributed by atoms with van der Waals surface area (Å²) in [6.07, 6.45) is 4.38. The lowest BCUT2D eigenvalue weighted by Crippen LogP contribution is -2.56. The van der Waals surface area contributed by atoms with Gasteiger partial charge in [0.25, 0.3) is 0 Å². The minimum absolute atomic E-state index is 0.120. The van der Waals surface area contributed by atoms with Gasteiger partial charge < -0.3 is 10.5 Å². The third-order valence-corrected chi connectivity index (χ3v) is 4.70. The quantitative estimate of drug-likeness (QED) is 0.887. The Bertz CT molecular complexity index is 855. The Balaban J connectivity index is 2.24. The summed E-state index contributed by atoms with van der Waals surface area (Å²) in [5.41, 5.74) is 2.39. The number of hydrogen-bond acceptors (Lipinski definition) is 5. The van der Waals surface area contributed by atoms with E-state index in [0.717, 1.165) is 6.07 Å². The summed E-state index contributed by atoms with van der Waals surface area (Å²) in [5, 5.41) is 0. The Hall–Kier alpha value is -2.48. The molecule has 0 fully saturated rings. The van der Waals surface area contributed by atoms with Crippen LogP contribution < -0.4 is 5.73 Å². The van der Waals surface area contributed by atoms with Crippen LogP contribution in [0, 0.1) is 5.82 Å². The highest BCUT2D eigenvalue weighted by Gasteiger charge is 2.63.